The molecular formula is C10H18N4O2. The maximum absolute atomic E-state index is 11.0. The van der Waals surface area contributed by atoms with Crippen molar-refractivity contribution >= 4 is 5.97 Å². The van der Waals surface area contributed by atoms with E-state index >= 15 is 0 Å². The molecule has 0 fully saturated rings. The lowest BCUT2D eigenvalue weighted by molar-refractivity contribution is -0.141. The largest absolute Gasteiger partial charge is 0.469 e. The number of nitrogens with zero attached hydrogens (tertiary/aromatic N) is 3. The van der Waals surface area contributed by atoms with Gasteiger partial charge in [-0.05, 0) is 6.92 Å². The molecule has 0 saturated carbocycles. The van der Waals surface area contributed by atoms with Crippen LogP contribution in [-0.2, 0) is 23.0 Å². The molecular weight excluding hydrogens is 208 g/mol. The zero-order valence-corrected chi connectivity index (χ0v) is 9.93. The fourth-order valence-electron chi connectivity index (χ4n) is 1.37. The number of hydrogen-bond donors (Lipinski definition) is 1. The molecule has 1 N–H and O–H groups in total. The maximum Gasteiger partial charge on any atom is 0.307 e. The van der Waals surface area contributed by atoms with Crippen molar-refractivity contribution in [3.05, 3.63) is 12.2 Å². The van der Waals surface area contributed by atoms with Crippen molar-refractivity contribution in [1.29, 1.82) is 0 Å². The summed E-state index contributed by atoms with van der Waals surface area (Å²) in [5.41, 5.74) is 0. The number of carbonyl (C=O) groups excluding carboxylic acids is 1. The van der Waals surface area contributed by atoms with Gasteiger partial charge in [-0.1, -0.05) is 0 Å². The van der Waals surface area contributed by atoms with Crippen molar-refractivity contribution in [3.8, 4) is 0 Å². The normalized spacial score (nSPS) is 12.4. The lowest BCUT2D eigenvalue weighted by atomic mass is 10.2. The van der Waals surface area contributed by atoms with Crippen LogP contribution in [0.3, 0.4) is 0 Å². The van der Waals surface area contributed by atoms with Gasteiger partial charge in [0.05, 0.1) is 13.5 Å². The maximum atomic E-state index is 11.0. The molecule has 0 spiro atoms. The van der Waals surface area contributed by atoms with Gasteiger partial charge in [0.15, 0.2) is 0 Å². The highest BCUT2D eigenvalue weighted by molar-refractivity contribution is 5.69. The van der Waals surface area contributed by atoms with Crippen LogP contribution in [-0.4, -0.2) is 40.4 Å². The minimum atomic E-state index is -0.196. The first-order chi connectivity index (χ1) is 7.63. The molecule has 0 radical (unpaired) electrons. The Morgan fingerprint density at radius 1 is 1.69 bits per heavy atom. The van der Waals surface area contributed by atoms with Gasteiger partial charge in [-0.3, -0.25) is 4.79 Å². The summed E-state index contributed by atoms with van der Waals surface area (Å²) in [7, 11) is 3.31. The van der Waals surface area contributed by atoms with E-state index in [-0.39, 0.29) is 12.0 Å². The highest BCUT2D eigenvalue weighted by Crippen LogP contribution is 1.95. The van der Waals surface area contributed by atoms with Gasteiger partial charge in [0, 0.05) is 26.1 Å². The fraction of sp³-hybridized carbons (Fsp3) is 0.700. The third kappa shape index (κ3) is 3.98. The molecule has 6 heteroatoms. The number of hydrogen-bond acceptors (Lipinski definition) is 5. The average Bonchev–Trinajstić information content (AvgIpc) is 2.64. The monoisotopic (exact) mass is 226 g/mol. The number of carbonyl (C=O) groups is 1. The van der Waals surface area contributed by atoms with E-state index in [9.17, 15) is 4.79 Å². The standard InChI is InChI=1S/C10H18N4O2/c1-8(6-10(15)16-3)11-5-4-9-13-12-7-14(9)2/h7-8,11H,4-6H2,1-3H3. The third-order valence-electron chi connectivity index (χ3n) is 2.35. The number of methoxy groups -OCH3 is 1. The summed E-state index contributed by atoms with van der Waals surface area (Å²) in [5, 5.41) is 11.0. The van der Waals surface area contributed by atoms with Gasteiger partial charge < -0.3 is 14.6 Å². The molecule has 0 aliphatic heterocycles. The number of rotatable bonds is 6. The molecule has 90 valence electrons. The molecule has 0 aliphatic rings. The van der Waals surface area contributed by atoms with E-state index in [4.69, 9.17) is 0 Å². The molecule has 0 amide bonds. The molecule has 1 atom stereocenters. The van der Waals surface area contributed by atoms with E-state index in [1.807, 2.05) is 18.5 Å². The van der Waals surface area contributed by atoms with Gasteiger partial charge in [-0.2, -0.15) is 0 Å². The van der Waals surface area contributed by atoms with Crippen LogP contribution in [0.4, 0.5) is 0 Å². The van der Waals surface area contributed by atoms with Crippen molar-refractivity contribution in [2.24, 2.45) is 7.05 Å². The van der Waals surface area contributed by atoms with E-state index in [2.05, 4.69) is 20.3 Å². The second-order valence-corrected chi connectivity index (χ2v) is 3.74. The summed E-state index contributed by atoms with van der Waals surface area (Å²) in [6.45, 7) is 2.72. The molecule has 1 unspecified atom stereocenters. The van der Waals surface area contributed by atoms with Crippen LogP contribution in [0.15, 0.2) is 6.33 Å². The Morgan fingerprint density at radius 2 is 2.44 bits per heavy atom. The summed E-state index contributed by atoms with van der Waals surface area (Å²) in [5.74, 6) is 0.733. The number of aromatic nitrogens is 3. The van der Waals surface area contributed by atoms with Crippen molar-refractivity contribution < 1.29 is 9.53 Å². The first-order valence-electron chi connectivity index (χ1n) is 5.26. The second kappa shape index (κ2) is 6.22. The fourth-order valence-corrected chi connectivity index (χ4v) is 1.37. The Balaban J connectivity index is 2.20. The van der Waals surface area contributed by atoms with E-state index in [0.29, 0.717) is 6.42 Å². The predicted molar refractivity (Wildman–Crippen MR) is 58.8 cm³/mol. The van der Waals surface area contributed by atoms with Crippen LogP contribution in [0.25, 0.3) is 0 Å². The van der Waals surface area contributed by atoms with Crippen LogP contribution in [0.1, 0.15) is 19.2 Å². The lowest BCUT2D eigenvalue weighted by Gasteiger charge is -2.11. The minimum absolute atomic E-state index is 0.112. The van der Waals surface area contributed by atoms with Crippen molar-refractivity contribution in [2.45, 2.75) is 25.8 Å². The number of ether oxygens (including phenoxy) is 1. The Morgan fingerprint density at radius 3 is 3.00 bits per heavy atom. The van der Waals surface area contributed by atoms with E-state index in [1.165, 1.54) is 7.11 Å². The number of aryl methyl sites for hydroxylation is 1. The van der Waals surface area contributed by atoms with Gasteiger partial charge in [0.1, 0.15) is 12.2 Å². The topological polar surface area (TPSA) is 69.0 Å². The predicted octanol–water partition coefficient (Wildman–Crippen LogP) is -0.101. The summed E-state index contributed by atoms with van der Waals surface area (Å²) < 4.78 is 6.47. The zero-order valence-electron chi connectivity index (χ0n) is 9.93. The van der Waals surface area contributed by atoms with Crippen LogP contribution >= 0.6 is 0 Å². The summed E-state index contributed by atoms with van der Waals surface area (Å²) in [6, 6.07) is 0.112. The minimum Gasteiger partial charge on any atom is -0.469 e. The van der Waals surface area contributed by atoms with Gasteiger partial charge in [0.25, 0.3) is 0 Å². The summed E-state index contributed by atoms with van der Waals surface area (Å²) in [4.78, 5) is 11.0. The summed E-state index contributed by atoms with van der Waals surface area (Å²) in [6.07, 6.45) is 2.85. The molecule has 16 heavy (non-hydrogen) atoms. The highest BCUT2D eigenvalue weighted by atomic mass is 16.5. The lowest BCUT2D eigenvalue weighted by Crippen LogP contribution is -2.31. The average molecular weight is 226 g/mol. The molecule has 0 aliphatic carbocycles. The van der Waals surface area contributed by atoms with Gasteiger partial charge in [0.2, 0.25) is 0 Å². The molecule has 1 heterocycles. The second-order valence-electron chi connectivity index (χ2n) is 3.74. The third-order valence-corrected chi connectivity index (χ3v) is 2.35. The first kappa shape index (κ1) is 12.6. The van der Waals surface area contributed by atoms with Crippen molar-refractivity contribution in [1.82, 2.24) is 20.1 Å². The first-order valence-corrected chi connectivity index (χ1v) is 5.26. The SMILES string of the molecule is COC(=O)CC(C)NCCc1nncn1C. The van der Waals surface area contributed by atoms with Gasteiger partial charge in [-0.25, -0.2) is 0 Å². The van der Waals surface area contributed by atoms with E-state index in [1.54, 1.807) is 6.33 Å². The highest BCUT2D eigenvalue weighted by Gasteiger charge is 2.08. The molecule has 0 saturated heterocycles. The number of nitrogens with one attached hydrogen (secondary N) is 1. The van der Waals surface area contributed by atoms with Crippen molar-refractivity contribution in [3.63, 3.8) is 0 Å². The molecule has 1 rings (SSSR count). The molecule has 1 aromatic heterocycles. The summed E-state index contributed by atoms with van der Waals surface area (Å²) >= 11 is 0. The van der Waals surface area contributed by atoms with Crippen LogP contribution in [0.5, 0.6) is 0 Å². The van der Waals surface area contributed by atoms with Crippen LogP contribution in [0, 0.1) is 0 Å². The Bertz CT molecular complexity index is 337. The Labute approximate surface area is 95.0 Å². The van der Waals surface area contributed by atoms with Gasteiger partial charge in [-0.15, -0.1) is 10.2 Å². The molecule has 0 bridgehead atoms. The smallest absolute Gasteiger partial charge is 0.307 e. The molecule has 0 aromatic carbocycles. The zero-order chi connectivity index (χ0) is 12.0. The van der Waals surface area contributed by atoms with E-state index in [0.717, 1.165) is 18.8 Å². The number of esters is 1. The van der Waals surface area contributed by atoms with Crippen LogP contribution in [0.2, 0.25) is 0 Å². The Kier molecular flexibility index (Phi) is 4.91. The molecule has 1 aromatic rings. The quantitative estimate of drug-likeness (QED) is 0.686. The molecule has 6 nitrogen and oxygen atoms in total. The van der Waals surface area contributed by atoms with Crippen molar-refractivity contribution in [2.75, 3.05) is 13.7 Å². The Hall–Kier alpha value is -1.43. The van der Waals surface area contributed by atoms with E-state index < -0.39 is 0 Å². The van der Waals surface area contributed by atoms with Gasteiger partial charge >= 0.3 is 5.97 Å². The van der Waals surface area contributed by atoms with Crippen LogP contribution < -0.4 is 5.32 Å².